The molecule has 148 valence electrons. The number of aryl methyl sites for hydroxylation is 1. The van der Waals surface area contributed by atoms with E-state index in [2.05, 4.69) is 20.4 Å². The Morgan fingerprint density at radius 1 is 1.03 bits per heavy atom. The first-order valence-corrected chi connectivity index (χ1v) is 9.23. The van der Waals surface area contributed by atoms with Crippen LogP contribution < -0.4 is 14.5 Å². The summed E-state index contributed by atoms with van der Waals surface area (Å²) in [6.45, 7) is 2.98. The number of hydrogen-bond acceptors (Lipinski definition) is 8. The lowest BCUT2D eigenvalue weighted by atomic mass is 10.1. The van der Waals surface area contributed by atoms with E-state index in [0.717, 1.165) is 33.8 Å². The Labute approximate surface area is 169 Å². The largest absolute Gasteiger partial charge is 0.497 e. The van der Waals surface area contributed by atoms with Crippen molar-refractivity contribution in [2.45, 2.75) is 13.5 Å². The molecule has 0 aliphatic carbocycles. The smallest absolute Gasteiger partial charge is 0.317 e. The van der Waals surface area contributed by atoms with Crippen molar-refractivity contribution >= 4 is 5.69 Å². The maximum absolute atomic E-state index is 5.95. The van der Waals surface area contributed by atoms with Gasteiger partial charge < -0.3 is 9.47 Å². The lowest BCUT2D eigenvalue weighted by Gasteiger charge is -2.19. The molecule has 0 amide bonds. The Hall–Kier alpha value is -3.68. The SMILES string of the molecule is COc1ccc(-c2ccnc(OCc3c(C)cccc3N3CN(C)N=N3)n2)cc1. The molecule has 1 aliphatic rings. The Balaban J connectivity index is 1.53. The fourth-order valence-electron chi connectivity index (χ4n) is 3.08. The molecule has 8 nitrogen and oxygen atoms in total. The average molecular weight is 390 g/mol. The van der Waals surface area contributed by atoms with Gasteiger partial charge in [-0.05, 0) is 54.1 Å². The quantitative estimate of drug-likeness (QED) is 0.633. The van der Waals surface area contributed by atoms with Crippen LogP contribution in [-0.4, -0.2) is 35.8 Å². The van der Waals surface area contributed by atoms with Gasteiger partial charge in [-0.1, -0.05) is 17.4 Å². The molecule has 0 atom stereocenters. The molecular weight excluding hydrogens is 368 g/mol. The highest BCUT2D eigenvalue weighted by Gasteiger charge is 2.19. The van der Waals surface area contributed by atoms with Gasteiger partial charge in [-0.15, -0.1) is 0 Å². The Morgan fingerprint density at radius 2 is 1.86 bits per heavy atom. The van der Waals surface area contributed by atoms with E-state index in [1.54, 1.807) is 18.3 Å². The molecule has 8 heteroatoms. The summed E-state index contributed by atoms with van der Waals surface area (Å²) in [7, 11) is 3.53. The van der Waals surface area contributed by atoms with Gasteiger partial charge in [0.2, 0.25) is 0 Å². The number of anilines is 1. The van der Waals surface area contributed by atoms with Crippen molar-refractivity contribution in [1.29, 1.82) is 0 Å². The van der Waals surface area contributed by atoms with Crippen molar-refractivity contribution < 1.29 is 9.47 Å². The topological polar surface area (TPSA) is 75.4 Å². The molecule has 0 bridgehead atoms. The second kappa shape index (κ2) is 8.14. The fourth-order valence-corrected chi connectivity index (χ4v) is 3.08. The summed E-state index contributed by atoms with van der Waals surface area (Å²) in [5.74, 6) is 0.802. The van der Waals surface area contributed by atoms with Gasteiger partial charge in [-0.2, -0.15) is 4.98 Å². The van der Waals surface area contributed by atoms with E-state index in [1.165, 1.54) is 0 Å². The molecule has 1 aliphatic heterocycles. The molecule has 0 spiro atoms. The van der Waals surface area contributed by atoms with Crippen molar-refractivity contribution in [2.24, 2.45) is 10.4 Å². The molecule has 0 saturated carbocycles. The van der Waals surface area contributed by atoms with Gasteiger partial charge >= 0.3 is 6.01 Å². The zero-order chi connectivity index (χ0) is 20.2. The Kier molecular flexibility index (Phi) is 5.24. The van der Waals surface area contributed by atoms with Crippen molar-refractivity contribution in [2.75, 3.05) is 25.8 Å². The van der Waals surface area contributed by atoms with Gasteiger partial charge in [0, 0.05) is 24.4 Å². The number of hydrogen-bond donors (Lipinski definition) is 0. The first kappa shape index (κ1) is 18.7. The van der Waals surface area contributed by atoms with E-state index in [9.17, 15) is 0 Å². The van der Waals surface area contributed by atoms with Crippen molar-refractivity contribution in [1.82, 2.24) is 15.0 Å². The zero-order valence-electron chi connectivity index (χ0n) is 16.6. The van der Waals surface area contributed by atoms with Crippen LogP contribution in [0.25, 0.3) is 11.3 Å². The van der Waals surface area contributed by atoms with Gasteiger partial charge in [-0.3, -0.25) is 5.01 Å². The maximum atomic E-state index is 5.95. The van der Waals surface area contributed by atoms with Gasteiger partial charge in [0.05, 0.1) is 18.5 Å². The average Bonchev–Trinajstić information content (AvgIpc) is 3.19. The summed E-state index contributed by atoms with van der Waals surface area (Å²) < 4.78 is 11.2. The number of aromatic nitrogens is 2. The predicted octanol–water partition coefficient (Wildman–Crippen LogP) is 4.03. The number of nitrogens with zero attached hydrogens (tertiary/aromatic N) is 6. The standard InChI is InChI=1S/C21H22N6O2/c1-15-5-4-6-20(27-14-26(2)24-25-27)18(15)13-29-21-22-12-11-19(23-21)16-7-9-17(28-3)10-8-16/h4-12H,13-14H2,1-3H3. The van der Waals surface area contributed by atoms with Crippen LogP contribution in [0.15, 0.2) is 65.2 Å². The highest BCUT2D eigenvalue weighted by Crippen LogP contribution is 2.28. The van der Waals surface area contributed by atoms with Crippen LogP contribution in [-0.2, 0) is 6.61 Å². The van der Waals surface area contributed by atoms with Gasteiger partial charge in [0.15, 0.2) is 0 Å². The molecular formula is C21H22N6O2. The Bertz CT molecular complexity index is 1020. The second-order valence-electron chi connectivity index (χ2n) is 6.69. The van der Waals surface area contributed by atoms with Crippen molar-refractivity contribution in [3.8, 4) is 23.0 Å². The lowest BCUT2D eigenvalue weighted by Crippen LogP contribution is -2.23. The van der Waals surface area contributed by atoms with Crippen LogP contribution in [0.4, 0.5) is 5.69 Å². The molecule has 0 saturated heterocycles. The third kappa shape index (κ3) is 4.11. The molecule has 0 fully saturated rings. The molecule has 0 unspecified atom stereocenters. The molecule has 0 N–H and O–H groups in total. The second-order valence-corrected chi connectivity index (χ2v) is 6.69. The van der Waals surface area contributed by atoms with Crippen LogP contribution in [0.5, 0.6) is 11.8 Å². The lowest BCUT2D eigenvalue weighted by molar-refractivity contribution is 0.280. The van der Waals surface area contributed by atoms with Crippen molar-refractivity contribution in [3.63, 3.8) is 0 Å². The molecule has 2 heterocycles. The number of ether oxygens (including phenoxy) is 2. The number of rotatable bonds is 6. The minimum atomic E-state index is 0.327. The van der Waals surface area contributed by atoms with Crippen LogP contribution in [0, 0.1) is 6.92 Å². The minimum absolute atomic E-state index is 0.327. The number of benzene rings is 2. The van der Waals surface area contributed by atoms with E-state index < -0.39 is 0 Å². The summed E-state index contributed by atoms with van der Waals surface area (Å²) in [6, 6.07) is 16.0. The summed E-state index contributed by atoms with van der Waals surface area (Å²) >= 11 is 0. The molecule has 3 aromatic rings. The first-order chi connectivity index (χ1) is 14.1. The van der Waals surface area contributed by atoms with Gasteiger partial charge in [0.25, 0.3) is 0 Å². The van der Waals surface area contributed by atoms with Crippen molar-refractivity contribution in [3.05, 3.63) is 65.9 Å². The summed E-state index contributed by atoms with van der Waals surface area (Å²) in [5.41, 5.74) is 4.86. The number of methoxy groups -OCH3 is 1. The summed E-state index contributed by atoms with van der Waals surface area (Å²) in [5, 5.41) is 11.9. The minimum Gasteiger partial charge on any atom is -0.497 e. The normalized spacial score (nSPS) is 13.1. The zero-order valence-corrected chi connectivity index (χ0v) is 16.6. The maximum Gasteiger partial charge on any atom is 0.317 e. The molecule has 2 aromatic carbocycles. The molecule has 29 heavy (non-hydrogen) atoms. The predicted molar refractivity (Wildman–Crippen MR) is 109 cm³/mol. The third-order valence-electron chi connectivity index (χ3n) is 4.67. The van der Waals surface area contributed by atoms with E-state index in [1.807, 2.05) is 67.5 Å². The van der Waals surface area contributed by atoms with Gasteiger partial charge in [0.1, 0.15) is 19.0 Å². The first-order valence-electron chi connectivity index (χ1n) is 9.23. The van der Waals surface area contributed by atoms with Crippen LogP contribution in [0.2, 0.25) is 0 Å². The third-order valence-corrected chi connectivity index (χ3v) is 4.67. The monoisotopic (exact) mass is 390 g/mol. The molecule has 1 aromatic heterocycles. The van der Waals surface area contributed by atoms with Crippen LogP contribution >= 0.6 is 0 Å². The van der Waals surface area contributed by atoms with E-state index in [4.69, 9.17) is 9.47 Å². The van der Waals surface area contributed by atoms with Crippen LogP contribution in [0.1, 0.15) is 11.1 Å². The molecule has 0 radical (unpaired) electrons. The summed E-state index contributed by atoms with van der Waals surface area (Å²) in [4.78, 5) is 8.81. The van der Waals surface area contributed by atoms with Crippen LogP contribution in [0.3, 0.4) is 0 Å². The Morgan fingerprint density at radius 3 is 2.59 bits per heavy atom. The highest BCUT2D eigenvalue weighted by molar-refractivity contribution is 5.60. The van der Waals surface area contributed by atoms with E-state index in [-0.39, 0.29) is 0 Å². The van der Waals surface area contributed by atoms with E-state index in [0.29, 0.717) is 19.3 Å². The fraction of sp³-hybridized carbons (Fsp3) is 0.238. The summed E-state index contributed by atoms with van der Waals surface area (Å²) in [6.07, 6.45) is 1.70. The highest BCUT2D eigenvalue weighted by atomic mass is 16.5. The van der Waals surface area contributed by atoms with Gasteiger partial charge in [-0.25, -0.2) is 9.99 Å². The molecule has 4 rings (SSSR count). The van der Waals surface area contributed by atoms with E-state index >= 15 is 0 Å².